The molecule has 492 valence electrons. The van der Waals surface area contributed by atoms with Crippen molar-refractivity contribution in [2.45, 2.75) is 416 Å². The largest absolute Gasteiger partial charge is 0.466 e. The number of nitrogens with one attached hydrogen (secondary N) is 1. The van der Waals surface area contributed by atoms with Gasteiger partial charge in [0.1, 0.15) is 24.4 Å². The fraction of sp³-hybridized carbons (Fsp3) is 0.944. The van der Waals surface area contributed by atoms with Crippen LogP contribution in [0.3, 0.4) is 0 Å². The quantitative estimate of drug-likeness (QED) is 0.0195. The van der Waals surface area contributed by atoms with E-state index in [4.69, 9.17) is 14.2 Å². The van der Waals surface area contributed by atoms with Crippen molar-refractivity contribution in [2.75, 3.05) is 19.8 Å². The van der Waals surface area contributed by atoms with E-state index in [0.29, 0.717) is 19.4 Å². The summed E-state index contributed by atoms with van der Waals surface area (Å²) in [5, 5.41) is 54.3. The van der Waals surface area contributed by atoms with Gasteiger partial charge in [-0.2, -0.15) is 0 Å². The minimum absolute atomic E-state index is 0.0163. The van der Waals surface area contributed by atoms with Crippen LogP contribution in [-0.2, 0) is 23.8 Å². The van der Waals surface area contributed by atoms with Crippen molar-refractivity contribution in [2.24, 2.45) is 0 Å². The summed E-state index contributed by atoms with van der Waals surface area (Å²) in [6.45, 7) is 4.36. The number of carbonyl (C=O) groups excluding carboxylic acids is 2. The molecule has 1 aliphatic heterocycles. The molecule has 6 N–H and O–H groups in total. The van der Waals surface area contributed by atoms with E-state index in [2.05, 4.69) is 19.2 Å². The molecule has 0 aliphatic carbocycles. The predicted octanol–water partition coefficient (Wildman–Crippen LogP) is 18.6. The topological polar surface area (TPSA) is 175 Å². The Labute approximate surface area is 512 Å². The Morgan fingerprint density at radius 1 is 0.434 bits per heavy atom. The number of aliphatic hydroxyl groups is 5. The van der Waals surface area contributed by atoms with Crippen LogP contribution >= 0.6 is 0 Å². The number of unbranched alkanes of at least 4 members (excludes halogenated alkanes) is 51. The molecule has 1 heterocycles. The van der Waals surface area contributed by atoms with E-state index in [-0.39, 0.29) is 18.5 Å². The smallest absolute Gasteiger partial charge is 0.305 e. The second-order valence-electron chi connectivity index (χ2n) is 25.7. The number of carbonyl (C=O) groups is 2. The molecular formula is C72H139NO10. The van der Waals surface area contributed by atoms with Gasteiger partial charge in [0.05, 0.1) is 32.0 Å². The van der Waals surface area contributed by atoms with E-state index >= 15 is 0 Å². The first-order valence-electron chi connectivity index (χ1n) is 36.5. The van der Waals surface area contributed by atoms with Crippen molar-refractivity contribution >= 4 is 11.9 Å². The SMILES string of the molecule is CCCCCCCCC/C=C/C(O)C(COC1OC(CO)C(O)C(O)C1O)NC(=O)CCCCCCCCCCCCCCCCCCCCCCCCCCCCCCCCCCCCCOC(=O)CCCCCCCCCCCCC. The molecule has 83 heavy (non-hydrogen) atoms. The van der Waals surface area contributed by atoms with Crippen LogP contribution in [0.25, 0.3) is 0 Å². The second-order valence-corrected chi connectivity index (χ2v) is 25.7. The lowest BCUT2D eigenvalue weighted by molar-refractivity contribution is -0.302. The number of esters is 1. The fourth-order valence-corrected chi connectivity index (χ4v) is 11.9. The Morgan fingerprint density at radius 2 is 0.759 bits per heavy atom. The van der Waals surface area contributed by atoms with Gasteiger partial charge in [-0.3, -0.25) is 9.59 Å². The summed E-state index contributed by atoms with van der Waals surface area (Å²) in [5.74, 6) is -0.160. The number of aliphatic hydroxyl groups excluding tert-OH is 5. The van der Waals surface area contributed by atoms with Crippen molar-refractivity contribution in [3.05, 3.63) is 12.2 Å². The summed E-state index contributed by atoms with van der Waals surface area (Å²) < 4.78 is 16.7. The molecule has 0 spiro atoms. The minimum Gasteiger partial charge on any atom is -0.466 e. The van der Waals surface area contributed by atoms with Crippen molar-refractivity contribution in [1.82, 2.24) is 5.32 Å². The molecule has 7 atom stereocenters. The highest BCUT2D eigenvalue weighted by atomic mass is 16.7. The molecule has 7 unspecified atom stereocenters. The first-order valence-corrected chi connectivity index (χ1v) is 36.5. The molecule has 11 nitrogen and oxygen atoms in total. The number of rotatable bonds is 65. The van der Waals surface area contributed by atoms with E-state index in [1.54, 1.807) is 6.08 Å². The molecule has 1 rings (SSSR count). The maximum atomic E-state index is 13.0. The van der Waals surface area contributed by atoms with Gasteiger partial charge in [-0.1, -0.05) is 341 Å². The average molecular weight is 1180 g/mol. The number of allylic oxidation sites excluding steroid dienone is 1. The van der Waals surface area contributed by atoms with Crippen LogP contribution in [-0.4, -0.2) is 100 Å². The highest BCUT2D eigenvalue weighted by molar-refractivity contribution is 5.76. The van der Waals surface area contributed by atoms with Gasteiger partial charge in [0.2, 0.25) is 5.91 Å². The van der Waals surface area contributed by atoms with Gasteiger partial charge in [-0.15, -0.1) is 0 Å². The summed E-state index contributed by atoms with van der Waals surface area (Å²) in [4.78, 5) is 25.0. The normalized spacial score (nSPS) is 18.1. The lowest BCUT2D eigenvalue weighted by Crippen LogP contribution is -2.60. The molecule has 11 heteroatoms. The van der Waals surface area contributed by atoms with Crippen molar-refractivity contribution in [3.8, 4) is 0 Å². The molecular weight excluding hydrogens is 1040 g/mol. The average Bonchev–Trinajstić information content (AvgIpc) is 3.69. The Hall–Kier alpha value is -1.60. The Balaban J connectivity index is 1.87. The number of hydrogen-bond acceptors (Lipinski definition) is 10. The Kier molecular flexibility index (Phi) is 59.3. The van der Waals surface area contributed by atoms with E-state index < -0.39 is 49.5 Å². The zero-order valence-corrected chi connectivity index (χ0v) is 54.7. The first kappa shape index (κ1) is 79.4. The summed E-state index contributed by atoms with van der Waals surface area (Å²) in [7, 11) is 0. The molecule has 0 aromatic rings. The molecule has 1 fully saturated rings. The maximum absolute atomic E-state index is 13.0. The molecule has 0 aromatic carbocycles. The Bertz CT molecular complexity index is 1380. The monoisotopic (exact) mass is 1180 g/mol. The highest BCUT2D eigenvalue weighted by Gasteiger charge is 2.44. The summed E-state index contributed by atoms with van der Waals surface area (Å²) in [6.07, 6.45) is 66.7. The van der Waals surface area contributed by atoms with Crippen LogP contribution in [0.5, 0.6) is 0 Å². The third kappa shape index (κ3) is 51.0. The van der Waals surface area contributed by atoms with Crippen LogP contribution in [0, 0.1) is 0 Å². The fourth-order valence-electron chi connectivity index (χ4n) is 11.9. The van der Waals surface area contributed by atoms with Crippen molar-refractivity contribution in [3.63, 3.8) is 0 Å². The van der Waals surface area contributed by atoms with Gasteiger partial charge >= 0.3 is 5.97 Å². The number of hydrogen-bond donors (Lipinski definition) is 6. The van der Waals surface area contributed by atoms with Gasteiger partial charge in [-0.25, -0.2) is 0 Å². The first-order chi connectivity index (χ1) is 40.7. The zero-order valence-electron chi connectivity index (χ0n) is 54.7. The predicted molar refractivity (Wildman–Crippen MR) is 348 cm³/mol. The van der Waals surface area contributed by atoms with Gasteiger partial charge < -0.3 is 45.1 Å². The van der Waals surface area contributed by atoms with Crippen molar-refractivity contribution < 1.29 is 49.3 Å². The van der Waals surface area contributed by atoms with Gasteiger partial charge in [0.25, 0.3) is 0 Å². The van der Waals surface area contributed by atoms with Crippen LogP contribution in [0.4, 0.5) is 0 Å². The minimum atomic E-state index is -1.57. The van der Waals surface area contributed by atoms with Crippen LogP contribution in [0.1, 0.15) is 373 Å². The molecule has 0 saturated carbocycles. The number of ether oxygens (including phenoxy) is 3. The van der Waals surface area contributed by atoms with E-state index in [1.807, 2.05) is 6.08 Å². The van der Waals surface area contributed by atoms with Gasteiger partial charge in [0, 0.05) is 12.8 Å². The van der Waals surface area contributed by atoms with Crippen LogP contribution in [0.2, 0.25) is 0 Å². The van der Waals surface area contributed by atoms with E-state index in [9.17, 15) is 35.1 Å². The molecule has 1 aliphatic rings. The van der Waals surface area contributed by atoms with Crippen LogP contribution in [0.15, 0.2) is 12.2 Å². The third-order valence-electron chi connectivity index (χ3n) is 17.7. The Morgan fingerprint density at radius 3 is 1.12 bits per heavy atom. The third-order valence-corrected chi connectivity index (χ3v) is 17.7. The second kappa shape index (κ2) is 62.0. The van der Waals surface area contributed by atoms with E-state index in [1.165, 1.54) is 295 Å². The lowest BCUT2D eigenvalue weighted by Gasteiger charge is -2.40. The highest BCUT2D eigenvalue weighted by Crippen LogP contribution is 2.24. The van der Waals surface area contributed by atoms with Gasteiger partial charge in [-0.05, 0) is 32.1 Å². The van der Waals surface area contributed by atoms with Crippen molar-refractivity contribution in [1.29, 1.82) is 0 Å². The lowest BCUT2D eigenvalue weighted by atomic mass is 9.99. The molecule has 0 bridgehead atoms. The summed E-state index contributed by atoms with van der Waals surface area (Å²) >= 11 is 0. The van der Waals surface area contributed by atoms with E-state index in [0.717, 1.165) is 51.4 Å². The molecule has 0 radical (unpaired) electrons. The zero-order chi connectivity index (χ0) is 60.2. The summed E-state index contributed by atoms with van der Waals surface area (Å²) in [6, 6.07) is -0.803. The molecule has 1 amide bonds. The van der Waals surface area contributed by atoms with Crippen LogP contribution < -0.4 is 5.32 Å². The summed E-state index contributed by atoms with van der Waals surface area (Å²) in [5.41, 5.74) is 0. The standard InChI is InChI=1S/C72H139NO10/c1-3-5-7-9-11-13-39-44-48-52-56-60-68(77)81-61-57-53-49-45-41-38-36-34-32-30-28-26-24-22-20-18-16-14-15-17-19-21-23-25-27-29-31-33-35-37-40-43-47-51-55-59-67(76)73-64(65(75)58-54-50-46-42-12-10-8-6-4-2)63-82-72-71(80)70(79)69(78)66(62-74)83-72/h54,58,64-66,69-72,74-75,78-80H,3-53,55-57,59-63H2,1-2H3,(H,73,76)/b58-54+. The molecule has 0 aromatic heterocycles. The maximum Gasteiger partial charge on any atom is 0.305 e. The number of amides is 1. The molecule has 1 saturated heterocycles. The van der Waals surface area contributed by atoms with Gasteiger partial charge in [0.15, 0.2) is 6.29 Å².